The lowest BCUT2D eigenvalue weighted by Crippen LogP contribution is -2.42. The van der Waals surface area contributed by atoms with Crippen molar-refractivity contribution in [3.8, 4) is 0 Å². The molecule has 1 N–H and O–H groups in total. The minimum Gasteiger partial charge on any atom is -0.316 e. The van der Waals surface area contributed by atoms with Crippen LogP contribution in [-0.4, -0.2) is 13.1 Å². The summed E-state index contributed by atoms with van der Waals surface area (Å²) in [6, 6.07) is 0. The van der Waals surface area contributed by atoms with Gasteiger partial charge in [-0.2, -0.15) is 0 Å². The van der Waals surface area contributed by atoms with Crippen molar-refractivity contribution in [3.63, 3.8) is 0 Å². The van der Waals surface area contributed by atoms with Gasteiger partial charge in [0.1, 0.15) is 0 Å². The van der Waals surface area contributed by atoms with Crippen LogP contribution in [-0.2, 0) is 0 Å². The molecule has 3 saturated carbocycles. The lowest BCUT2D eigenvalue weighted by Gasteiger charge is -2.44. The second-order valence-corrected chi connectivity index (χ2v) is 6.33. The lowest BCUT2D eigenvalue weighted by atomic mass is 9.63. The van der Waals surface area contributed by atoms with Crippen molar-refractivity contribution < 1.29 is 0 Å². The summed E-state index contributed by atoms with van der Waals surface area (Å²) in [5.41, 5.74) is 0.751. The second kappa shape index (κ2) is 3.76. The Morgan fingerprint density at radius 2 is 1.93 bits per heavy atom. The number of hydrogen-bond donors (Lipinski definition) is 1. The molecule has 3 aliphatic rings. The third kappa shape index (κ3) is 1.73. The zero-order valence-corrected chi connectivity index (χ0v) is 10.1. The van der Waals surface area contributed by atoms with E-state index in [0.717, 1.165) is 23.2 Å². The van der Waals surface area contributed by atoms with E-state index in [9.17, 15) is 0 Å². The Labute approximate surface area is 94.0 Å². The molecule has 2 atom stereocenters. The molecule has 1 heteroatoms. The summed E-state index contributed by atoms with van der Waals surface area (Å²) >= 11 is 0. The van der Waals surface area contributed by atoms with Crippen LogP contribution in [0.2, 0.25) is 0 Å². The summed E-state index contributed by atoms with van der Waals surface area (Å²) in [7, 11) is 0. The lowest BCUT2D eigenvalue weighted by molar-refractivity contribution is 0.0739. The molecule has 3 fully saturated rings. The average molecular weight is 207 g/mol. The molecule has 0 spiro atoms. The van der Waals surface area contributed by atoms with Crippen molar-refractivity contribution in [1.82, 2.24) is 5.32 Å². The van der Waals surface area contributed by atoms with Gasteiger partial charge >= 0.3 is 0 Å². The van der Waals surface area contributed by atoms with Gasteiger partial charge in [0.2, 0.25) is 0 Å². The maximum atomic E-state index is 3.71. The molecule has 1 nitrogen and oxygen atoms in total. The first kappa shape index (κ1) is 10.1. The smallest absolute Gasteiger partial charge is 0.00107 e. The van der Waals surface area contributed by atoms with Crippen molar-refractivity contribution in [2.45, 2.75) is 51.9 Å². The van der Waals surface area contributed by atoms with E-state index in [1.54, 1.807) is 19.3 Å². The van der Waals surface area contributed by atoms with E-state index in [2.05, 4.69) is 12.2 Å². The fraction of sp³-hybridized carbons (Fsp3) is 1.00. The molecule has 0 saturated heterocycles. The Bertz CT molecular complexity index is 221. The highest BCUT2D eigenvalue weighted by Crippen LogP contribution is 2.64. The molecule has 3 rings (SSSR count). The molecule has 0 aromatic heterocycles. The van der Waals surface area contributed by atoms with Crippen LogP contribution in [0.4, 0.5) is 0 Å². The Morgan fingerprint density at radius 1 is 1.20 bits per heavy atom. The van der Waals surface area contributed by atoms with E-state index >= 15 is 0 Å². The van der Waals surface area contributed by atoms with E-state index in [1.807, 2.05) is 0 Å². The summed E-state index contributed by atoms with van der Waals surface area (Å²) in [5.74, 6) is 3.39. The van der Waals surface area contributed by atoms with Crippen LogP contribution in [0.3, 0.4) is 0 Å². The quantitative estimate of drug-likeness (QED) is 0.683. The summed E-state index contributed by atoms with van der Waals surface area (Å²) < 4.78 is 0. The molecule has 2 unspecified atom stereocenters. The number of nitrogens with one attached hydrogen (secondary N) is 1. The van der Waals surface area contributed by atoms with Gasteiger partial charge < -0.3 is 5.32 Å². The van der Waals surface area contributed by atoms with E-state index in [4.69, 9.17) is 0 Å². The highest BCUT2D eigenvalue weighted by molar-refractivity contribution is 5.07. The maximum Gasteiger partial charge on any atom is 0.00107 e. The highest BCUT2D eigenvalue weighted by atomic mass is 14.9. The third-order valence-corrected chi connectivity index (χ3v) is 5.28. The van der Waals surface area contributed by atoms with Crippen LogP contribution in [0.5, 0.6) is 0 Å². The maximum absolute atomic E-state index is 3.71. The fourth-order valence-corrected chi connectivity index (χ4v) is 4.09. The van der Waals surface area contributed by atoms with Crippen molar-refractivity contribution in [1.29, 1.82) is 0 Å². The van der Waals surface area contributed by atoms with Gasteiger partial charge in [-0.15, -0.1) is 0 Å². The molecule has 3 aliphatic carbocycles. The first-order valence-corrected chi connectivity index (χ1v) is 7.05. The molecule has 0 heterocycles. The van der Waals surface area contributed by atoms with Crippen molar-refractivity contribution in [2.24, 2.45) is 23.2 Å². The van der Waals surface area contributed by atoms with Gasteiger partial charge in [0.05, 0.1) is 0 Å². The van der Waals surface area contributed by atoms with Gasteiger partial charge in [0, 0.05) is 6.54 Å². The SMILES string of the molecule is CCCNCC1(C2CCC2)CC2CC2C1. The van der Waals surface area contributed by atoms with Gasteiger partial charge in [0.15, 0.2) is 0 Å². The zero-order valence-electron chi connectivity index (χ0n) is 10.1. The van der Waals surface area contributed by atoms with Crippen LogP contribution in [0, 0.1) is 23.2 Å². The molecule has 0 aromatic rings. The zero-order chi connectivity index (χ0) is 10.3. The summed E-state index contributed by atoms with van der Waals surface area (Å²) in [4.78, 5) is 0. The molecule has 0 radical (unpaired) electrons. The van der Waals surface area contributed by atoms with Gasteiger partial charge in [-0.05, 0) is 68.2 Å². The van der Waals surface area contributed by atoms with Crippen LogP contribution in [0.25, 0.3) is 0 Å². The van der Waals surface area contributed by atoms with Gasteiger partial charge in [0.25, 0.3) is 0 Å². The fourth-order valence-electron chi connectivity index (χ4n) is 4.09. The highest BCUT2D eigenvalue weighted by Gasteiger charge is 2.56. The van der Waals surface area contributed by atoms with E-state index < -0.39 is 0 Å². The molecular formula is C14H25N. The number of hydrogen-bond acceptors (Lipinski definition) is 1. The van der Waals surface area contributed by atoms with Crippen LogP contribution in [0.1, 0.15) is 51.9 Å². The van der Waals surface area contributed by atoms with Crippen LogP contribution in [0.15, 0.2) is 0 Å². The molecular weight excluding hydrogens is 182 g/mol. The first-order valence-electron chi connectivity index (χ1n) is 7.05. The summed E-state index contributed by atoms with van der Waals surface area (Å²) in [5, 5.41) is 3.71. The molecule has 0 aromatic carbocycles. The largest absolute Gasteiger partial charge is 0.316 e. The topological polar surface area (TPSA) is 12.0 Å². The van der Waals surface area contributed by atoms with Gasteiger partial charge in [-0.1, -0.05) is 13.3 Å². The van der Waals surface area contributed by atoms with Crippen molar-refractivity contribution in [2.75, 3.05) is 13.1 Å². The predicted molar refractivity (Wildman–Crippen MR) is 63.8 cm³/mol. The molecule has 86 valence electrons. The average Bonchev–Trinajstić information content (AvgIpc) is 2.72. The Hall–Kier alpha value is -0.0400. The Balaban J connectivity index is 1.60. The van der Waals surface area contributed by atoms with Gasteiger partial charge in [-0.3, -0.25) is 0 Å². The minimum atomic E-state index is 0.751. The van der Waals surface area contributed by atoms with Gasteiger partial charge in [-0.25, -0.2) is 0 Å². The second-order valence-electron chi connectivity index (χ2n) is 6.33. The minimum absolute atomic E-state index is 0.751. The van der Waals surface area contributed by atoms with Crippen molar-refractivity contribution in [3.05, 3.63) is 0 Å². The normalized spacial score (nSPS) is 43.8. The van der Waals surface area contributed by atoms with Crippen LogP contribution >= 0.6 is 0 Å². The molecule has 0 amide bonds. The summed E-state index contributed by atoms with van der Waals surface area (Å²) in [6.45, 7) is 4.83. The molecule has 0 bridgehead atoms. The number of fused-ring (bicyclic) bond motifs is 1. The van der Waals surface area contributed by atoms with E-state index in [-0.39, 0.29) is 0 Å². The monoisotopic (exact) mass is 207 g/mol. The molecule has 0 aliphatic heterocycles. The van der Waals surface area contributed by atoms with Crippen LogP contribution < -0.4 is 5.32 Å². The standard InChI is InChI=1S/C14H25N/c1-2-6-15-10-14(13-4-3-5-13)8-11-7-12(11)9-14/h11-13,15H,2-10H2,1H3. The first-order chi connectivity index (χ1) is 7.34. The number of rotatable bonds is 5. The predicted octanol–water partition coefficient (Wildman–Crippen LogP) is 3.20. The third-order valence-electron chi connectivity index (χ3n) is 5.28. The molecule has 15 heavy (non-hydrogen) atoms. The Kier molecular flexibility index (Phi) is 2.54. The van der Waals surface area contributed by atoms with E-state index in [1.165, 1.54) is 38.8 Å². The van der Waals surface area contributed by atoms with E-state index in [0.29, 0.717) is 0 Å². The Morgan fingerprint density at radius 3 is 2.47 bits per heavy atom. The van der Waals surface area contributed by atoms with Crippen molar-refractivity contribution >= 4 is 0 Å². The summed E-state index contributed by atoms with van der Waals surface area (Å²) in [6.07, 6.45) is 10.6.